The van der Waals surface area contributed by atoms with Gasteiger partial charge in [-0.15, -0.1) is 0 Å². The maximum absolute atomic E-state index is 12.6. The van der Waals surface area contributed by atoms with Crippen LogP contribution in [0.2, 0.25) is 0 Å². The van der Waals surface area contributed by atoms with Gasteiger partial charge in [0.2, 0.25) is 0 Å². The molecule has 1 aliphatic carbocycles. The molecular weight excluding hydrogens is 334 g/mol. The summed E-state index contributed by atoms with van der Waals surface area (Å²) in [5.41, 5.74) is 3.11. The number of nitriles is 1. The third kappa shape index (κ3) is 5.32. The molecule has 1 unspecified atom stereocenters. The summed E-state index contributed by atoms with van der Waals surface area (Å²) < 4.78 is 5.52. The molecule has 0 saturated heterocycles. The van der Waals surface area contributed by atoms with Crippen LogP contribution in [0.3, 0.4) is 0 Å². The van der Waals surface area contributed by atoms with E-state index in [4.69, 9.17) is 4.74 Å². The minimum atomic E-state index is -0.483. The molecule has 0 aliphatic heterocycles. The first-order valence-corrected chi connectivity index (χ1v) is 10.0. The Morgan fingerprint density at radius 1 is 1.26 bits per heavy atom. The molecule has 0 radical (unpaired) electrons. The van der Waals surface area contributed by atoms with Crippen LogP contribution in [0.4, 0.5) is 0 Å². The van der Waals surface area contributed by atoms with E-state index in [1.165, 1.54) is 0 Å². The van der Waals surface area contributed by atoms with Crippen molar-refractivity contribution in [3.05, 3.63) is 53.1 Å². The molecule has 0 bridgehead atoms. The Kier molecular flexibility index (Phi) is 7.42. The zero-order valence-corrected chi connectivity index (χ0v) is 17.0. The maximum Gasteiger partial charge on any atom is 0.349 e. The average molecular weight is 366 g/mol. The largest absolute Gasteiger partial charge is 0.461 e. The summed E-state index contributed by atoms with van der Waals surface area (Å²) >= 11 is 0. The Labute approximate surface area is 163 Å². The van der Waals surface area contributed by atoms with Crippen LogP contribution in [0.1, 0.15) is 65.4 Å². The number of carbonyl (C=O) groups excluding carboxylic acids is 1. The molecule has 1 aliphatic rings. The topological polar surface area (TPSA) is 50.1 Å². The third-order valence-corrected chi connectivity index (χ3v) is 5.40. The number of allylic oxidation sites excluding steroid dienone is 3. The number of rotatable bonds is 8. The lowest BCUT2D eigenvalue weighted by atomic mass is 9.81. The van der Waals surface area contributed by atoms with E-state index in [1.807, 2.05) is 24.3 Å². The van der Waals surface area contributed by atoms with Gasteiger partial charge in [0.1, 0.15) is 11.6 Å². The molecule has 3 nitrogen and oxygen atoms in total. The van der Waals surface area contributed by atoms with Crippen molar-refractivity contribution in [3.8, 4) is 6.07 Å². The van der Waals surface area contributed by atoms with Gasteiger partial charge in [-0.1, -0.05) is 83.4 Å². The molecule has 0 saturated carbocycles. The molecule has 0 heterocycles. The van der Waals surface area contributed by atoms with Gasteiger partial charge in [0, 0.05) is 0 Å². The van der Waals surface area contributed by atoms with E-state index in [0.29, 0.717) is 18.9 Å². The summed E-state index contributed by atoms with van der Waals surface area (Å²) in [6.45, 7) is 8.97. The second-order valence-corrected chi connectivity index (χ2v) is 8.01. The Morgan fingerprint density at radius 2 is 1.96 bits per heavy atom. The van der Waals surface area contributed by atoms with Crippen molar-refractivity contribution in [1.29, 1.82) is 5.26 Å². The van der Waals surface area contributed by atoms with Gasteiger partial charge in [-0.05, 0) is 40.9 Å². The molecule has 0 aromatic heterocycles. The molecule has 1 aromatic carbocycles. The van der Waals surface area contributed by atoms with Gasteiger partial charge in [0.15, 0.2) is 0 Å². The molecule has 0 N–H and O–H groups in total. The highest BCUT2D eigenvalue weighted by Gasteiger charge is 2.34. The normalized spacial score (nSPS) is 18.4. The quantitative estimate of drug-likeness (QED) is 0.319. The molecule has 1 aromatic rings. The fraction of sp³-hybridized carbons (Fsp3) is 0.500. The van der Waals surface area contributed by atoms with Gasteiger partial charge in [-0.2, -0.15) is 5.26 Å². The summed E-state index contributed by atoms with van der Waals surface area (Å²) in [6.07, 6.45) is 6.99. The highest BCUT2D eigenvalue weighted by atomic mass is 16.5. The van der Waals surface area contributed by atoms with Gasteiger partial charge < -0.3 is 4.74 Å². The molecular formula is C24H31NO2. The van der Waals surface area contributed by atoms with Gasteiger partial charge in [0.05, 0.1) is 6.61 Å². The highest BCUT2D eigenvalue weighted by Crippen LogP contribution is 2.47. The van der Waals surface area contributed by atoms with Crippen LogP contribution in [-0.2, 0) is 9.53 Å². The lowest BCUT2D eigenvalue weighted by Crippen LogP contribution is -2.16. The third-order valence-electron chi connectivity index (χ3n) is 5.40. The van der Waals surface area contributed by atoms with Gasteiger partial charge in [-0.25, -0.2) is 4.79 Å². The van der Waals surface area contributed by atoms with Crippen LogP contribution in [0.15, 0.2) is 47.6 Å². The lowest BCUT2D eigenvalue weighted by Gasteiger charge is -2.22. The van der Waals surface area contributed by atoms with Crippen LogP contribution in [-0.4, -0.2) is 12.6 Å². The van der Waals surface area contributed by atoms with Crippen LogP contribution in [0.5, 0.6) is 0 Å². The first-order valence-electron chi connectivity index (χ1n) is 10.0. The van der Waals surface area contributed by atoms with Crippen molar-refractivity contribution < 1.29 is 9.53 Å². The second-order valence-electron chi connectivity index (χ2n) is 8.01. The number of esters is 1. The molecule has 0 amide bonds. The SMILES string of the molecule is CCCCC(CC)COC(=O)/C(C#N)=C1/C=C(c2ccccc2)C(C)(C)C1. The van der Waals surface area contributed by atoms with Gasteiger partial charge in [-0.3, -0.25) is 0 Å². The van der Waals surface area contributed by atoms with Crippen LogP contribution < -0.4 is 0 Å². The number of unbranched alkanes of at least 4 members (excludes halogenated alkanes) is 1. The number of carbonyl (C=O) groups is 1. The molecule has 2 rings (SSSR count). The smallest absolute Gasteiger partial charge is 0.349 e. The summed E-state index contributed by atoms with van der Waals surface area (Å²) in [4.78, 5) is 12.6. The molecule has 27 heavy (non-hydrogen) atoms. The Hall–Kier alpha value is -2.34. The molecule has 144 valence electrons. The van der Waals surface area contributed by atoms with Crippen molar-refractivity contribution in [2.75, 3.05) is 6.61 Å². The first-order chi connectivity index (χ1) is 12.9. The second kappa shape index (κ2) is 9.55. The van der Waals surface area contributed by atoms with Crippen molar-refractivity contribution in [3.63, 3.8) is 0 Å². The summed E-state index contributed by atoms with van der Waals surface area (Å²) in [6, 6.07) is 12.2. The maximum atomic E-state index is 12.6. The van der Waals surface area contributed by atoms with E-state index < -0.39 is 5.97 Å². The average Bonchev–Trinajstić information content (AvgIpc) is 2.98. The van der Waals surface area contributed by atoms with Crippen molar-refractivity contribution in [1.82, 2.24) is 0 Å². The van der Waals surface area contributed by atoms with Crippen LogP contribution in [0, 0.1) is 22.7 Å². The molecule has 3 heteroatoms. The van der Waals surface area contributed by atoms with Crippen molar-refractivity contribution in [2.45, 2.75) is 59.8 Å². The van der Waals surface area contributed by atoms with Crippen LogP contribution >= 0.6 is 0 Å². The highest BCUT2D eigenvalue weighted by molar-refractivity contribution is 5.95. The Balaban J connectivity index is 2.20. The number of ether oxygens (including phenoxy) is 1. The van der Waals surface area contributed by atoms with E-state index in [2.05, 4.69) is 45.9 Å². The zero-order valence-electron chi connectivity index (χ0n) is 17.0. The molecule has 1 atom stereocenters. The van der Waals surface area contributed by atoms with E-state index >= 15 is 0 Å². The fourth-order valence-electron chi connectivity index (χ4n) is 3.66. The predicted octanol–water partition coefficient (Wildman–Crippen LogP) is 6.08. The Morgan fingerprint density at radius 3 is 2.56 bits per heavy atom. The number of hydrogen-bond acceptors (Lipinski definition) is 3. The monoisotopic (exact) mass is 365 g/mol. The molecule has 0 fully saturated rings. The van der Waals surface area contributed by atoms with E-state index in [9.17, 15) is 10.1 Å². The number of hydrogen-bond donors (Lipinski definition) is 0. The number of benzene rings is 1. The molecule has 0 spiro atoms. The predicted molar refractivity (Wildman–Crippen MR) is 110 cm³/mol. The van der Waals surface area contributed by atoms with Crippen molar-refractivity contribution >= 4 is 11.5 Å². The standard InChI is InChI=1S/C24H31NO2/c1-5-7-11-18(6-2)17-27-23(26)21(16-25)20-14-22(24(3,4)15-20)19-12-9-8-10-13-19/h8-10,12-14,18H,5-7,11,15,17H2,1-4H3/b21-20-. The Bertz CT molecular complexity index is 750. The minimum absolute atomic E-state index is 0.119. The zero-order chi connectivity index (χ0) is 19.9. The summed E-state index contributed by atoms with van der Waals surface area (Å²) in [5.74, 6) is -0.113. The van der Waals surface area contributed by atoms with Gasteiger partial charge >= 0.3 is 5.97 Å². The van der Waals surface area contributed by atoms with Gasteiger partial charge in [0.25, 0.3) is 0 Å². The van der Waals surface area contributed by atoms with Crippen molar-refractivity contribution in [2.24, 2.45) is 11.3 Å². The number of nitrogens with zero attached hydrogens (tertiary/aromatic N) is 1. The van der Waals surface area contributed by atoms with E-state index in [0.717, 1.165) is 42.4 Å². The fourth-order valence-corrected chi connectivity index (χ4v) is 3.66. The van der Waals surface area contributed by atoms with E-state index in [-0.39, 0.29) is 11.0 Å². The summed E-state index contributed by atoms with van der Waals surface area (Å²) in [5, 5.41) is 9.61. The van der Waals surface area contributed by atoms with Crippen LogP contribution in [0.25, 0.3) is 5.57 Å². The first kappa shape index (κ1) is 21.0. The minimum Gasteiger partial charge on any atom is -0.461 e. The van der Waals surface area contributed by atoms with E-state index in [1.54, 1.807) is 0 Å². The summed E-state index contributed by atoms with van der Waals surface area (Å²) in [7, 11) is 0. The lowest BCUT2D eigenvalue weighted by molar-refractivity contribution is -0.140.